The molecule has 0 amide bonds. The first-order valence-electron chi connectivity index (χ1n) is 7.38. The number of nitrogens with two attached hydrogens (primary N) is 1. The van der Waals surface area contributed by atoms with Gasteiger partial charge in [0, 0.05) is 24.7 Å². The Labute approximate surface area is 132 Å². The predicted molar refractivity (Wildman–Crippen MR) is 86.9 cm³/mol. The minimum atomic E-state index is -0.355. The molecule has 1 aromatic rings. The first-order valence-corrected chi connectivity index (χ1v) is 7.38. The van der Waals surface area contributed by atoms with Crippen LogP contribution in [0.5, 0.6) is 0 Å². The fourth-order valence-electron chi connectivity index (χ4n) is 2.93. The van der Waals surface area contributed by atoms with E-state index in [1.165, 1.54) is 19.3 Å². The minimum absolute atomic E-state index is 0. The highest BCUT2D eigenvalue weighted by Gasteiger charge is 2.21. The number of hydrogen-bond donors (Lipinski definition) is 1. The number of rotatable bonds is 6. The topological polar surface area (TPSA) is 72.4 Å². The molecule has 1 unspecified atom stereocenters. The van der Waals surface area contributed by atoms with Crippen LogP contribution >= 0.6 is 12.4 Å². The van der Waals surface area contributed by atoms with Crippen LogP contribution in [0.3, 0.4) is 0 Å². The lowest BCUT2D eigenvalue weighted by atomic mass is 9.98. The molecule has 1 aliphatic rings. The van der Waals surface area contributed by atoms with Crippen LogP contribution in [0.15, 0.2) is 24.3 Å². The van der Waals surface area contributed by atoms with Crippen molar-refractivity contribution in [3.8, 4) is 0 Å². The van der Waals surface area contributed by atoms with Crippen molar-refractivity contribution in [3.05, 3.63) is 39.9 Å². The Bertz CT molecular complexity index is 437. The summed E-state index contributed by atoms with van der Waals surface area (Å²) in [5.74, 6) is 0. The molecule has 1 aromatic carbocycles. The molecule has 2 N–H and O–H groups in total. The molecule has 0 saturated carbocycles. The van der Waals surface area contributed by atoms with Crippen LogP contribution in [-0.2, 0) is 6.42 Å². The summed E-state index contributed by atoms with van der Waals surface area (Å²) in [6.07, 6.45) is 5.83. The highest BCUT2D eigenvalue weighted by Crippen LogP contribution is 2.20. The van der Waals surface area contributed by atoms with Gasteiger partial charge in [-0.15, -0.1) is 12.4 Å². The summed E-state index contributed by atoms with van der Waals surface area (Å²) in [4.78, 5) is 12.8. The Morgan fingerprint density at radius 1 is 1.29 bits per heavy atom. The van der Waals surface area contributed by atoms with Gasteiger partial charge in [0.2, 0.25) is 0 Å². The number of nitrogens with zero attached hydrogens (tertiary/aromatic N) is 2. The maximum atomic E-state index is 10.6. The van der Waals surface area contributed by atoms with Crippen molar-refractivity contribution in [3.63, 3.8) is 0 Å². The van der Waals surface area contributed by atoms with E-state index in [4.69, 9.17) is 5.73 Å². The summed E-state index contributed by atoms with van der Waals surface area (Å²) in [7, 11) is 0. The third-order valence-electron chi connectivity index (χ3n) is 4.08. The van der Waals surface area contributed by atoms with Crippen molar-refractivity contribution in [2.45, 2.75) is 38.1 Å². The maximum absolute atomic E-state index is 10.6. The number of piperidine rings is 1. The van der Waals surface area contributed by atoms with Gasteiger partial charge >= 0.3 is 0 Å². The minimum Gasteiger partial charge on any atom is -0.330 e. The van der Waals surface area contributed by atoms with Gasteiger partial charge in [0.1, 0.15) is 0 Å². The molecular formula is C15H24ClN3O2. The van der Waals surface area contributed by atoms with Crippen molar-refractivity contribution in [2.24, 2.45) is 5.73 Å². The van der Waals surface area contributed by atoms with Crippen molar-refractivity contribution in [1.29, 1.82) is 0 Å². The number of likely N-dealkylation sites (tertiary alicyclic amines) is 1. The van der Waals surface area contributed by atoms with E-state index in [1.807, 2.05) is 12.1 Å². The van der Waals surface area contributed by atoms with Crippen LogP contribution < -0.4 is 5.73 Å². The van der Waals surface area contributed by atoms with Crippen LogP contribution in [0.4, 0.5) is 5.69 Å². The number of benzene rings is 1. The van der Waals surface area contributed by atoms with E-state index < -0.39 is 0 Å². The SMILES string of the molecule is Cl.NCCC1CCCCN1CCc1ccc([N+](=O)[O-])cc1. The molecule has 1 fully saturated rings. The van der Waals surface area contributed by atoms with E-state index in [0.717, 1.165) is 38.0 Å². The van der Waals surface area contributed by atoms with E-state index in [-0.39, 0.29) is 23.0 Å². The average molecular weight is 314 g/mol. The molecule has 118 valence electrons. The van der Waals surface area contributed by atoms with Crippen molar-refractivity contribution < 1.29 is 4.92 Å². The molecule has 2 rings (SSSR count). The summed E-state index contributed by atoms with van der Waals surface area (Å²) in [6.45, 7) is 2.92. The van der Waals surface area contributed by atoms with Crippen LogP contribution in [-0.4, -0.2) is 35.5 Å². The van der Waals surface area contributed by atoms with E-state index in [0.29, 0.717) is 6.04 Å². The monoisotopic (exact) mass is 313 g/mol. The summed E-state index contributed by atoms with van der Waals surface area (Å²) < 4.78 is 0. The standard InChI is InChI=1S/C15H23N3O2.ClH/c16-10-8-14-3-1-2-11-17(14)12-9-13-4-6-15(7-5-13)18(19)20;/h4-7,14H,1-3,8-12,16H2;1H. The Kier molecular flexibility index (Phi) is 7.64. The van der Waals surface area contributed by atoms with Crippen LogP contribution in [0, 0.1) is 10.1 Å². The number of nitro groups is 1. The summed E-state index contributed by atoms with van der Waals surface area (Å²) >= 11 is 0. The molecule has 1 atom stereocenters. The molecule has 0 aromatic heterocycles. The molecule has 1 saturated heterocycles. The molecular weight excluding hydrogens is 290 g/mol. The van der Waals surface area contributed by atoms with Gasteiger partial charge in [0.25, 0.3) is 5.69 Å². The molecule has 0 aliphatic carbocycles. The zero-order chi connectivity index (χ0) is 14.4. The van der Waals surface area contributed by atoms with Gasteiger partial charge in [0.15, 0.2) is 0 Å². The number of halogens is 1. The predicted octanol–water partition coefficient (Wildman–Crippen LogP) is 2.76. The van der Waals surface area contributed by atoms with Crippen molar-refractivity contribution in [2.75, 3.05) is 19.6 Å². The first kappa shape index (κ1) is 17.9. The molecule has 0 spiro atoms. The van der Waals surface area contributed by atoms with Crippen molar-refractivity contribution >= 4 is 18.1 Å². The van der Waals surface area contributed by atoms with Gasteiger partial charge in [-0.2, -0.15) is 0 Å². The zero-order valence-corrected chi connectivity index (χ0v) is 13.1. The molecule has 1 heterocycles. The largest absolute Gasteiger partial charge is 0.330 e. The Balaban J connectivity index is 0.00000220. The lowest BCUT2D eigenvalue weighted by Gasteiger charge is -2.35. The van der Waals surface area contributed by atoms with Crippen LogP contribution in [0.1, 0.15) is 31.2 Å². The Morgan fingerprint density at radius 3 is 2.62 bits per heavy atom. The first-order chi connectivity index (χ1) is 9.70. The number of hydrogen-bond acceptors (Lipinski definition) is 4. The second-order valence-electron chi connectivity index (χ2n) is 5.44. The maximum Gasteiger partial charge on any atom is 0.269 e. The van der Waals surface area contributed by atoms with E-state index in [9.17, 15) is 10.1 Å². The summed E-state index contributed by atoms with van der Waals surface area (Å²) in [5.41, 5.74) is 7.00. The van der Waals surface area contributed by atoms with Crippen molar-refractivity contribution in [1.82, 2.24) is 4.90 Å². The lowest BCUT2D eigenvalue weighted by Crippen LogP contribution is -2.41. The van der Waals surface area contributed by atoms with Gasteiger partial charge in [0.05, 0.1) is 4.92 Å². The second-order valence-corrected chi connectivity index (χ2v) is 5.44. The third kappa shape index (κ3) is 5.26. The van der Waals surface area contributed by atoms with Crippen LogP contribution in [0.25, 0.3) is 0 Å². The molecule has 1 aliphatic heterocycles. The fourth-order valence-corrected chi connectivity index (χ4v) is 2.93. The quantitative estimate of drug-likeness (QED) is 0.647. The van der Waals surface area contributed by atoms with E-state index in [2.05, 4.69) is 4.90 Å². The molecule has 0 bridgehead atoms. The lowest BCUT2D eigenvalue weighted by molar-refractivity contribution is -0.384. The molecule has 0 radical (unpaired) electrons. The molecule has 5 nitrogen and oxygen atoms in total. The van der Waals surface area contributed by atoms with E-state index in [1.54, 1.807) is 12.1 Å². The van der Waals surface area contributed by atoms with E-state index >= 15 is 0 Å². The highest BCUT2D eigenvalue weighted by molar-refractivity contribution is 5.85. The summed E-state index contributed by atoms with van der Waals surface area (Å²) in [6, 6.07) is 7.51. The molecule has 6 heteroatoms. The van der Waals surface area contributed by atoms with Gasteiger partial charge < -0.3 is 10.6 Å². The second kappa shape index (κ2) is 8.97. The highest BCUT2D eigenvalue weighted by atomic mass is 35.5. The fraction of sp³-hybridized carbons (Fsp3) is 0.600. The smallest absolute Gasteiger partial charge is 0.269 e. The van der Waals surface area contributed by atoms with Crippen LogP contribution in [0.2, 0.25) is 0 Å². The summed E-state index contributed by atoms with van der Waals surface area (Å²) in [5, 5.41) is 10.6. The van der Waals surface area contributed by atoms with Gasteiger partial charge in [-0.1, -0.05) is 18.6 Å². The Morgan fingerprint density at radius 2 is 2.00 bits per heavy atom. The normalized spacial score (nSPS) is 19.0. The van der Waals surface area contributed by atoms with Gasteiger partial charge in [-0.05, 0) is 44.3 Å². The zero-order valence-electron chi connectivity index (χ0n) is 12.2. The third-order valence-corrected chi connectivity index (χ3v) is 4.08. The van der Waals surface area contributed by atoms with Gasteiger partial charge in [-0.3, -0.25) is 10.1 Å². The average Bonchev–Trinajstić information content (AvgIpc) is 2.47. The van der Waals surface area contributed by atoms with Gasteiger partial charge in [-0.25, -0.2) is 0 Å². The number of nitro benzene ring substituents is 1. The Hall–Kier alpha value is -1.17. The molecule has 21 heavy (non-hydrogen) atoms. The number of non-ortho nitro benzene ring substituents is 1.